The van der Waals surface area contributed by atoms with Crippen LogP contribution in [-0.2, 0) is 6.42 Å². The van der Waals surface area contributed by atoms with E-state index >= 15 is 0 Å². The number of aromatic nitrogens is 1. The summed E-state index contributed by atoms with van der Waals surface area (Å²) in [6.45, 7) is 4.22. The molecular formula is C15H19ClN2S. The lowest BCUT2D eigenvalue weighted by atomic mass is 9.94. The van der Waals surface area contributed by atoms with Gasteiger partial charge in [0.15, 0.2) is 0 Å². The molecule has 2 rings (SSSR count). The van der Waals surface area contributed by atoms with Gasteiger partial charge in [-0.2, -0.15) is 0 Å². The zero-order chi connectivity index (χ0) is 13.5. The van der Waals surface area contributed by atoms with Gasteiger partial charge in [-0.1, -0.05) is 30.7 Å². The number of benzene rings is 1. The second kappa shape index (κ2) is 7.63. The van der Waals surface area contributed by atoms with Gasteiger partial charge in [0.2, 0.25) is 0 Å². The summed E-state index contributed by atoms with van der Waals surface area (Å²) in [7, 11) is 0. The molecule has 0 aliphatic carbocycles. The Labute approximate surface area is 123 Å². The Morgan fingerprint density at radius 2 is 2.11 bits per heavy atom. The minimum Gasteiger partial charge on any atom is -0.316 e. The molecule has 0 fully saturated rings. The largest absolute Gasteiger partial charge is 0.316 e. The molecule has 0 saturated carbocycles. The third-order valence-corrected chi connectivity index (χ3v) is 3.99. The van der Waals surface area contributed by atoms with Crippen molar-refractivity contribution < 1.29 is 0 Å². The van der Waals surface area contributed by atoms with Crippen LogP contribution in [-0.4, -0.2) is 18.1 Å². The van der Waals surface area contributed by atoms with Gasteiger partial charge < -0.3 is 5.32 Å². The molecule has 0 radical (unpaired) electrons. The first-order chi connectivity index (χ1) is 9.29. The first-order valence-electron chi connectivity index (χ1n) is 6.63. The van der Waals surface area contributed by atoms with Gasteiger partial charge in [-0.05, 0) is 37.1 Å². The standard InChI is InChI=1S/C15H19ClN2S/c1-2-7-17-9-13(8-15-10-19-11-18-15)12-3-5-14(16)6-4-12/h3-6,10-11,13,17H,2,7-9H2,1H3. The van der Waals surface area contributed by atoms with Crippen LogP contribution in [0.15, 0.2) is 35.2 Å². The second-order valence-corrected chi connectivity index (χ2v) is 5.79. The van der Waals surface area contributed by atoms with E-state index in [1.165, 1.54) is 11.3 Å². The molecule has 0 aliphatic rings. The molecule has 0 aliphatic heterocycles. The summed E-state index contributed by atoms with van der Waals surface area (Å²) in [6, 6.07) is 8.16. The highest BCUT2D eigenvalue weighted by Crippen LogP contribution is 2.22. The summed E-state index contributed by atoms with van der Waals surface area (Å²) in [6.07, 6.45) is 2.13. The third kappa shape index (κ3) is 4.60. The summed E-state index contributed by atoms with van der Waals surface area (Å²) in [5.41, 5.74) is 4.39. The number of halogens is 1. The Morgan fingerprint density at radius 3 is 2.74 bits per heavy atom. The van der Waals surface area contributed by atoms with E-state index in [2.05, 4.69) is 34.7 Å². The van der Waals surface area contributed by atoms with Crippen LogP contribution in [0.3, 0.4) is 0 Å². The molecule has 1 aromatic heterocycles. The molecule has 4 heteroatoms. The second-order valence-electron chi connectivity index (χ2n) is 4.64. The maximum absolute atomic E-state index is 5.96. The third-order valence-electron chi connectivity index (χ3n) is 3.10. The molecule has 19 heavy (non-hydrogen) atoms. The van der Waals surface area contributed by atoms with Crippen LogP contribution in [0.4, 0.5) is 0 Å². The van der Waals surface area contributed by atoms with Gasteiger partial charge in [0, 0.05) is 22.9 Å². The number of nitrogens with zero attached hydrogens (tertiary/aromatic N) is 1. The van der Waals surface area contributed by atoms with Crippen molar-refractivity contribution in [3.63, 3.8) is 0 Å². The van der Waals surface area contributed by atoms with E-state index in [0.29, 0.717) is 5.92 Å². The Bertz CT molecular complexity index is 467. The molecule has 2 nitrogen and oxygen atoms in total. The number of hydrogen-bond acceptors (Lipinski definition) is 3. The quantitative estimate of drug-likeness (QED) is 0.777. The normalized spacial score (nSPS) is 12.5. The predicted octanol–water partition coefficient (Wildman–Crippen LogP) is 4.12. The van der Waals surface area contributed by atoms with Crippen molar-refractivity contribution in [2.24, 2.45) is 0 Å². The maximum atomic E-state index is 5.96. The first kappa shape index (κ1) is 14.5. The van der Waals surface area contributed by atoms with Gasteiger partial charge in [0.1, 0.15) is 0 Å². The van der Waals surface area contributed by atoms with Crippen molar-refractivity contribution in [2.45, 2.75) is 25.7 Å². The monoisotopic (exact) mass is 294 g/mol. The van der Waals surface area contributed by atoms with Gasteiger partial charge in [-0.25, -0.2) is 4.98 Å². The fraction of sp³-hybridized carbons (Fsp3) is 0.400. The fourth-order valence-electron chi connectivity index (χ4n) is 2.09. The van der Waals surface area contributed by atoms with Crippen LogP contribution in [0.2, 0.25) is 5.02 Å². The van der Waals surface area contributed by atoms with Gasteiger partial charge in [-0.3, -0.25) is 0 Å². The molecule has 1 heterocycles. The Kier molecular flexibility index (Phi) is 5.83. The van der Waals surface area contributed by atoms with Crippen molar-refractivity contribution in [3.05, 3.63) is 51.4 Å². The number of rotatable bonds is 7. The van der Waals surface area contributed by atoms with E-state index in [9.17, 15) is 0 Å². The predicted molar refractivity (Wildman–Crippen MR) is 83.2 cm³/mol. The molecular weight excluding hydrogens is 276 g/mol. The molecule has 0 amide bonds. The van der Waals surface area contributed by atoms with Crippen molar-refractivity contribution in [2.75, 3.05) is 13.1 Å². The molecule has 0 spiro atoms. The van der Waals surface area contributed by atoms with Crippen molar-refractivity contribution in [1.82, 2.24) is 10.3 Å². The van der Waals surface area contributed by atoms with Crippen LogP contribution in [0.25, 0.3) is 0 Å². The van der Waals surface area contributed by atoms with Crippen LogP contribution in [0.5, 0.6) is 0 Å². The van der Waals surface area contributed by atoms with Gasteiger partial charge >= 0.3 is 0 Å². The zero-order valence-corrected chi connectivity index (χ0v) is 12.7. The van der Waals surface area contributed by atoms with Crippen molar-refractivity contribution >= 4 is 22.9 Å². The lowest BCUT2D eigenvalue weighted by Crippen LogP contribution is -2.23. The first-order valence-corrected chi connectivity index (χ1v) is 7.95. The average Bonchev–Trinajstić information content (AvgIpc) is 2.92. The smallest absolute Gasteiger partial charge is 0.0794 e. The highest BCUT2D eigenvalue weighted by atomic mass is 35.5. The van der Waals surface area contributed by atoms with E-state index in [1.54, 1.807) is 11.3 Å². The van der Waals surface area contributed by atoms with E-state index in [0.717, 1.165) is 31.0 Å². The lowest BCUT2D eigenvalue weighted by Gasteiger charge is -2.17. The minimum absolute atomic E-state index is 0.450. The van der Waals surface area contributed by atoms with Gasteiger partial charge in [0.25, 0.3) is 0 Å². The fourth-order valence-corrected chi connectivity index (χ4v) is 2.78. The average molecular weight is 295 g/mol. The van der Waals surface area contributed by atoms with Crippen molar-refractivity contribution in [1.29, 1.82) is 0 Å². The number of thiazole rings is 1. The molecule has 1 atom stereocenters. The Morgan fingerprint density at radius 1 is 1.32 bits per heavy atom. The Balaban J connectivity index is 2.06. The summed E-state index contributed by atoms with van der Waals surface area (Å²) in [5, 5.41) is 6.42. The molecule has 102 valence electrons. The minimum atomic E-state index is 0.450. The van der Waals surface area contributed by atoms with Crippen molar-refractivity contribution in [3.8, 4) is 0 Å². The molecule has 0 bridgehead atoms. The summed E-state index contributed by atoms with van der Waals surface area (Å²) >= 11 is 7.61. The summed E-state index contributed by atoms with van der Waals surface area (Å²) in [5.74, 6) is 0.450. The van der Waals surface area contributed by atoms with E-state index < -0.39 is 0 Å². The molecule has 1 unspecified atom stereocenters. The van der Waals surface area contributed by atoms with Crippen LogP contribution < -0.4 is 5.32 Å². The lowest BCUT2D eigenvalue weighted by molar-refractivity contribution is 0.573. The summed E-state index contributed by atoms with van der Waals surface area (Å²) in [4.78, 5) is 4.39. The topological polar surface area (TPSA) is 24.9 Å². The SMILES string of the molecule is CCCNCC(Cc1cscn1)c1ccc(Cl)cc1. The number of hydrogen-bond donors (Lipinski definition) is 1. The van der Waals surface area contributed by atoms with Crippen LogP contribution >= 0.6 is 22.9 Å². The van der Waals surface area contributed by atoms with E-state index in [-0.39, 0.29) is 0 Å². The maximum Gasteiger partial charge on any atom is 0.0794 e. The Hall–Kier alpha value is -0.900. The number of nitrogens with one attached hydrogen (secondary N) is 1. The molecule has 2 aromatic rings. The van der Waals surface area contributed by atoms with Crippen LogP contribution in [0, 0.1) is 0 Å². The van der Waals surface area contributed by atoms with Crippen LogP contribution in [0.1, 0.15) is 30.5 Å². The van der Waals surface area contributed by atoms with E-state index in [1.807, 2.05) is 17.6 Å². The zero-order valence-electron chi connectivity index (χ0n) is 11.1. The van der Waals surface area contributed by atoms with Gasteiger partial charge in [-0.15, -0.1) is 11.3 Å². The highest BCUT2D eigenvalue weighted by Gasteiger charge is 2.13. The van der Waals surface area contributed by atoms with Gasteiger partial charge in [0.05, 0.1) is 11.2 Å². The molecule has 1 N–H and O–H groups in total. The highest BCUT2D eigenvalue weighted by molar-refractivity contribution is 7.07. The summed E-state index contributed by atoms with van der Waals surface area (Å²) < 4.78 is 0. The molecule has 1 aromatic carbocycles. The molecule has 0 saturated heterocycles. The van der Waals surface area contributed by atoms with E-state index in [4.69, 9.17) is 11.6 Å².